The summed E-state index contributed by atoms with van der Waals surface area (Å²) in [6, 6.07) is 1.93. The number of amides is 1. The topological polar surface area (TPSA) is 78.6 Å². The van der Waals surface area contributed by atoms with E-state index in [0.29, 0.717) is 12.3 Å². The number of anilines is 1. The van der Waals surface area contributed by atoms with Gasteiger partial charge < -0.3 is 19.2 Å². The van der Waals surface area contributed by atoms with Gasteiger partial charge in [-0.3, -0.25) is 4.79 Å². The molecule has 0 spiro atoms. The number of likely N-dealkylation sites (N-methyl/N-ethyl adjacent to an activating group) is 1. The molecule has 2 aliphatic heterocycles. The number of aryl methyl sites for hydroxylation is 1. The van der Waals surface area contributed by atoms with Crippen LogP contribution in [-0.2, 0) is 4.79 Å². The van der Waals surface area contributed by atoms with E-state index in [1.54, 1.807) is 0 Å². The van der Waals surface area contributed by atoms with Gasteiger partial charge in [0.05, 0.1) is 17.0 Å². The average Bonchev–Trinajstić information content (AvgIpc) is 3.19. The van der Waals surface area contributed by atoms with Gasteiger partial charge in [0.2, 0.25) is 11.9 Å². The van der Waals surface area contributed by atoms with E-state index in [4.69, 9.17) is 9.51 Å². The second kappa shape index (κ2) is 8.71. The van der Waals surface area contributed by atoms with Gasteiger partial charge in [-0.05, 0) is 26.8 Å². The molecule has 0 saturated carbocycles. The first-order valence-corrected chi connectivity index (χ1v) is 10.9. The molecule has 0 aliphatic carbocycles. The molecule has 4 rings (SSSR count). The average molecular weight is 413 g/mol. The first-order valence-electron chi connectivity index (χ1n) is 10.9. The Balaban J connectivity index is 1.67. The molecular weight excluding hydrogens is 380 g/mol. The summed E-state index contributed by atoms with van der Waals surface area (Å²) < 4.78 is 5.56. The molecule has 0 radical (unpaired) electrons. The van der Waals surface area contributed by atoms with Gasteiger partial charge >= 0.3 is 0 Å². The molecule has 0 bridgehead atoms. The molecule has 2 aromatic rings. The molecule has 0 N–H and O–H groups in total. The largest absolute Gasteiger partial charge is 0.356 e. The minimum atomic E-state index is 0.00597. The summed E-state index contributed by atoms with van der Waals surface area (Å²) in [5, 5.41) is 4.06. The summed E-state index contributed by atoms with van der Waals surface area (Å²) in [5.41, 5.74) is 2.69. The Morgan fingerprint density at radius 2 is 1.97 bits per heavy atom. The van der Waals surface area contributed by atoms with E-state index in [2.05, 4.69) is 27.0 Å². The lowest BCUT2D eigenvalue weighted by Crippen LogP contribution is -2.45. The van der Waals surface area contributed by atoms with Crippen molar-refractivity contribution in [1.29, 1.82) is 0 Å². The number of likely N-dealkylation sites (tertiary alicyclic amines) is 1. The Bertz CT molecular complexity index is 888. The van der Waals surface area contributed by atoms with E-state index in [1.807, 2.05) is 37.9 Å². The Kier molecular flexibility index (Phi) is 6.04. The van der Waals surface area contributed by atoms with E-state index in [1.165, 1.54) is 0 Å². The van der Waals surface area contributed by atoms with E-state index in [9.17, 15) is 4.79 Å². The van der Waals surface area contributed by atoms with Crippen LogP contribution in [0.3, 0.4) is 0 Å². The van der Waals surface area contributed by atoms with Crippen molar-refractivity contribution in [2.24, 2.45) is 5.92 Å². The molecule has 8 heteroatoms. The highest BCUT2D eigenvalue weighted by atomic mass is 16.5. The summed E-state index contributed by atoms with van der Waals surface area (Å²) in [7, 11) is 2.14. The van der Waals surface area contributed by atoms with Crippen LogP contribution in [-0.4, -0.2) is 77.1 Å². The predicted molar refractivity (Wildman–Crippen MR) is 115 cm³/mol. The lowest BCUT2D eigenvalue weighted by Gasteiger charge is -2.35. The number of carbonyl (C=O) groups excluding carboxylic acids is 1. The van der Waals surface area contributed by atoms with Gasteiger partial charge in [-0.1, -0.05) is 19.0 Å². The zero-order chi connectivity index (χ0) is 21.3. The Morgan fingerprint density at radius 3 is 2.63 bits per heavy atom. The standard InChI is InChI=1S/C22H32N6O2/c1-15(2)21(29)28-7-5-6-17(14-28)20-18(19-12-16(3)25-30-19)13-23-22(24-20)27-10-8-26(4)9-11-27/h12-13,15,17H,5-11,14H2,1-4H3/t17-/m0/s1. The molecule has 0 aromatic carbocycles. The van der Waals surface area contributed by atoms with Gasteiger partial charge in [-0.25, -0.2) is 9.97 Å². The highest BCUT2D eigenvalue weighted by Crippen LogP contribution is 2.34. The van der Waals surface area contributed by atoms with Gasteiger partial charge in [0, 0.05) is 63.4 Å². The Labute approximate surface area is 178 Å². The fourth-order valence-electron chi connectivity index (χ4n) is 4.30. The van der Waals surface area contributed by atoms with Gasteiger partial charge in [0.1, 0.15) is 0 Å². The molecule has 1 amide bonds. The summed E-state index contributed by atoms with van der Waals surface area (Å²) >= 11 is 0. The molecule has 2 aromatic heterocycles. The van der Waals surface area contributed by atoms with E-state index in [-0.39, 0.29) is 17.7 Å². The van der Waals surface area contributed by atoms with Crippen molar-refractivity contribution < 1.29 is 9.32 Å². The summed E-state index contributed by atoms with van der Waals surface area (Å²) in [5.74, 6) is 1.85. The van der Waals surface area contributed by atoms with Crippen molar-refractivity contribution in [2.75, 3.05) is 51.2 Å². The second-order valence-electron chi connectivity index (χ2n) is 8.87. The van der Waals surface area contributed by atoms with Crippen molar-refractivity contribution >= 4 is 11.9 Å². The van der Waals surface area contributed by atoms with Crippen molar-refractivity contribution in [3.63, 3.8) is 0 Å². The minimum Gasteiger partial charge on any atom is -0.356 e. The summed E-state index contributed by atoms with van der Waals surface area (Å²) in [4.78, 5) is 28.9. The molecule has 1 atom stereocenters. The maximum Gasteiger partial charge on any atom is 0.225 e. The predicted octanol–water partition coefficient (Wildman–Crippen LogP) is 2.55. The van der Waals surface area contributed by atoms with Crippen molar-refractivity contribution in [1.82, 2.24) is 24.9 Å². The molecular formula is C22H32N6O2. The van der Waals surface area contributed by atoms with Crippen LogP contribution in [0.25, 0.3) is 11.3 Å². The number of hydrogen-bond acceptors (Lipinski definition) is 7. The molecule has 8 nitrogen and oxygen atoms in total. The van der Waals surface area contributed by atoms with Crippen LogP contribution < -0.4 is 4.90 Å². The lowest BCUT2D eigenvalue weighted by atomic mass is 9.90. The van der Waals surface area contributed by atoms with E-state index < -0.39 is 0 Å². The molecule has 2 saturated heterocycles. The normalized spacial score (nSPS) is 20.8. The zero-order valence-corrected chi connectivity index (χ0v) is 18.5. The van der Waals surface area contributed by atoms with Crippen LogP contribution >= 0.6 is 0 Å². The minimum absolute atomic E-state index is 0.00597. The fraction of sp³-hybridized carbons (Fsp3) is 0.636. The van der Waals surface area contributed by atoms with E-state index in [0.717, 1.165) is 68.5 Å². The molecule has 162 valence electrons. The van der Waals surface area contributed by atoms with Gasteiger partial charge in [0.25, 0.3) is 0 Å². The second-order valence-corrected chi connectivity index (χ2v) is 8.87. The smallest absolute Gasteiger partial charge is 0.225 e. The molecule has 2 aliphatic rings. The highest BCUT2D eigenvalue weighted by molar-refractivity contribution is 5.78. The third kappa shape index (κ3) is 4.33. The number of rotatable bonds is 4. The monoisotopic (exact) mass is 412 g/mol. The quantitative estimate of drug-likeness (QED) is 0.764. The SMILES string of the molecule is Cc1cc(-c2cnc(N3CCN(C)CC3)nc2[C@H]2CCCN(C(=O)C(C)C)C2)on1. The van der Waals surface area contributed by atoms with Crippen LogP contribution in [0.5, 0.6) is 0 Å². The van der Waals surface area contributed by atoms with Gasteiger partial charge in [-0.15, -0.1) is 0 Å². The maximum atomic E-state index is 12.6. The highest BCUT2D eigenvalue weighted by Gasteiger charge is 2.30. The number of carbonyl (C=O) groups is 1. The maximum absolute atomic E-state index is 12.6. The first-order chi connectivity index (χ1) is 14.4. The summed E-state index contributed by atoms with van der Waals surface area (Å²) in [6.07, 6.45) is 3.85. The zero-order valence-electron chi connectivity index (χ0n) is 18.5. The third-order valence-electron chi connectivity index (χ3n) is 6.10. The number of piperazine rings is 1. The van der Waals surface area contributed by atoms with Crippen molar-refractivity contribution in [2.45, 2.75) is 39.5 Å². The van der Waals surface area contributed by atoms with E-state index >= 15 is 0 Å². The molecule has 2 fully saturated rings. The fourth-order valence-corrected chi connectivity index (χ4v) is 4.30. The Hall–Kier alpha value is -2.48. The third-order valence-corrected chi connectivity index (χ3v) is 6.10. The van der Waals surface area contributed by atoms with Crippen molar-refractivity contribution in [3.05, 3.63) is 23.7 Å². The van der Waals surface area contributed by atoms with Crippen LogP contribution in [0.4, 0.5) is 5.95 Å². The molecule has 0 unspecified atom stereocenters. The van der Waals surface area contributed by atoms with Crippen LogP contribution in [0.15, 0.2) is 16.8 Å². The number of nitrogens with zero attached hydrogens (tertiary/aromatic N) is 6. The van der Waals surface area contributed by atoms with Crippen LogP contribution in [0.2, 0.25) is 0 Å². The van der Waals surface area contributed by atoms with Crippen LogP contribution in [0, 0.1) is 12.8 Å². The first kappa shape index (κ1) is 20.8. The van der Waals surface area contributed by atoms with Crippen LogP contribution in [0.1, 0.15) is 44.0 Å². The summed E-state index contributed by atoms with van der Waals surface area (Å²) in [6.45, 7) is 11.2. The van der Waals surface area contributed by atoms with Crippen molar-refractivity contribution in [3.8, 4) is 11.3 Å². The number of piperidine rings is 1. The number of hydrogen-bond donors (Lipinski definition) is 0. The van der Waals surface area contributed by atoms with Gasteiger partial charge in [-0.2, -0.15) is 0 Å². The molecule has 4 heterocycles. The lowest BCUT2D eigenvalue weighted by molar-refractivity contribution is -0.135. The Morgan fingerprint density at radius 1 is 1.20 bits per heavy atom. The molecule has 30 heavy (non-hydrogen) atoms. The van der Waals surface area contributed by atoms with Gasteiger partial charge in [0.15, 0.2) is 5.76 Å². The number of aromatic nitrogens is 3.